The van der Waals surface area contributed by atoms with Gasteiger partial charge >= 0.3 is 5.76 Å². The Morgan fingerprint density at radius 3 is 2.86 bits per heavy atom. The zero-order valence-electron chi connectivity index (χ0n) is 12.0. The summed E-state index contributed by atoms with van der Waals surface area (Å²) in [7, 11) is 0. The van der Waals surface area contributed by atoms with Crippen molar-refractivity contribution in [1.82, 2.24) is 4.57 Å². The normalized spacial score (nSPS) is 12.9. The minimum absolute atomic E-state index is 0.342. The van der Waals surface area contributed by atoms with Crippen LogP contribution in [0.2, 0.25) is 0 Å². The molecule has 0 fully saturated rings. The second-order valence-corrected chi connectivity index (χ2v) is 5.90. The Balaban J connectivity index is 2.06. The number of aliphatic hydroxyl groups excluding tert-OH is 1. The molecule has 2 aromatic heterocycles. The number of oxazole rings is 1. The van der Waals surface area contributed by atoms with Gasteiger partial charge in [0.1, 0.15) is 6.10 Å². The van der Waals surface area contributed by atoms with E-state index in [2.05, 4.69) is 0 Å². The number of hydrogen-bond donors (Lipinski definition) is 1. The topological polar surface area (TPSA) is 55.4 Å². The van der Waals surface area contributed by atoms with E-state index in [-0.39, 0.29) is 5.76 Å². The molecule has 0 aliphatic carbocycles. The molecule has 1 aromatic carbocycles. The maximum absolute atomic E-state index is 11.8. The van der Waals surface area contributed by atoms with Crippen molar-refractivity contribution in [2.75, 3.05) is 0 Å². The third-order valence-electron chi connectivity index (χ3n) is 3.65. The van der Waals surface area contributed by atoms with E-state index in [1.165, 1.54) is 0 Å². The molecule has 0 aliphatic rings. The average molecular weight is 303 g/mol. The second kappa shape index (κ2) is 5.50. The van der Waals surface area contributed by atoms with Gasteiger partial charge in [0.25, 0.3) is 0 Å². The van der Waals surface area contributed by atoms with E-state index in [4.69, 9.17) is 4.42 Å². The van der Waals surface area contributed by atoms with Gasteiger partial charge in [-0.15, -0.1) is 0 Å². The van der Waals surface area contributed by atoms with Crippen molar-refractivity contribution in [3.63, 3.8) is 0 Å². The second-order valence-electron chi connectivity index (χ2n) is 5.16. The number of nitrogens with zero attached hydrogens (tertiary/aromatic N) is 1. The standard InChI is InChI=1S/C16H17NO3S/c1-3-6-17-13-5-4-11(7-14(13)20-16(17)19)15(18)12-9-21-8-10(12)2/h4-5,7-9,15,18H,3,6H2,1-2H3. The fourth-order valence-electron chi connectivity index (χ4n) is 2.52. The van der Waals surface area contributed by atoms with E-state index in [0.717, 1.165) is 28.6 Å². The van der Waals surface area contributed by atoms with Crippen LogP contribution in [0, 0.1) is 6.92 Å². The van der Waals surface area contributed by atoms with Crippen LogP contribution in [0.1, 0.15) is 36.1 Å². The SMILES string of the molecule is CCCn1c(=O)oc2cc(C(O)c3cscc3C)ccc21. The molecule has 0 bridgehead atoms. The van der Waals surface area contributed by atoms with Gasteiger partial charge in [0, 0.05) is 6.54 Å². The molecule has 5 heteroatoms. The molecular formula is C16H17NO3S. The van der Waals surface area contributed by atoms with Crippen molar-refractivity contribution in [3.05, 3.63) is 56.2 Å². The number of aliphatic hydroxyl groups is 1. The first-order chi connectivity index (χ1) is 10.1. The van der Waals surface area contributed by atoms with Crippen molar-refractivity contribution in [2.24, 2.45) is 0 Å². The van der Waals surface area contributed by atoms with Crippen LogP contribution in [0.25, 0.3) is 11.1 Å². The van der Waals surface area contributed by atoms with Crippen LogP contribution in [-0.2, 0) is 6.54 Å². The molecule has 3 rings (SSSR count). The van der Waals surface area contributed by atoms with E-state index in [1.54, 1.807) is 22.0 Å². The minimum Gasteiger partial charge on any atom is -0.408 e. The van der Waals surface area contributed by atoms with Gasteiger partial charge in [0.05, 0.1) is 5.52 Å². The molecular weight excluding hydrogens is 286 g/mol. The molecule has 0 aliphatic heterocycles. The van der Waals surface area contributed by atoms with Crippen LogP contribution in [0.3, 0.4) is 0 Å². The lowest BCUT2D eigenvalue weighted by molar-refractivity contribution is 0.220. The number of fused-ring (bicyclic) bond motifs is 1. The minimum atomic E-state index is -0.694. The Morgan fingerprint density at radius 1 is 1.38 bits per heavy atom. The maximum Gasteiger partial charge on any atom is 0.419 e. The van der Waals surface area contributed by atoms with Crippen molar-refractivity contribution in [2.45, 2.75) is 32.9 Å². The molecule has 1 N–H and O–H groups in total. The Hall–Kier alpha value is -1.85. The summed E-state index contributed by atoms with van der Waals surface area (Å²) in [5, 5.41) is 14.4. The molecule has 2 heterocycles. The van der Waals surface area contributed by atoms with Gasteiger partial charge in [0.15, 0.2) is 5.58 Å². The molecule has 1 atom stereocenters. The van der Waals surface area contributed by atoms with Gasteiger partial charge in [-0.2, -0.15) is 11.3 Å². The monoisotopic (exact) mass is 303 g/mol. The fourth-order valence-corrected chi connectivity index (χ4v) is 3.39. The van der Waals surface area contributed by atoms with E-state index in [0.29, 0.717) is 12.1 Å². The molecule has 4 nitrogen and oxygen atoms in total. The van der Waals surface area contributed by atoms with Crippen LogP contribution < -0.4 is 5.76 Å². The highest BCUT2D eigenvalue weighted by molar-refractivity contribution is 7.08. The number of rotatable bonds is 4. The summed E-state index contributed by atoms with van der Waals surface area (Å²) >= 11 is 1.57. The first-order valence-electron chi connectivity index (χ1n) is 6.96. The number of aryl methyl sites for hydroxylation is 2. The number of thiophene rings is 1. The molecule has 21 heavy (non-hydrogen) atoms. The van der Waals surface area contributed by atoms with Crippen molar-refractivity contribution < 1.29 is 9.52 Å². The summed E-state index contributed by atoms with van der Waals surface area (Å²) in [4.78, 5) is 11.8. The first-order valence-corrected chi connectivity index (χ1v) is 7.90. The Labute approximate surface area is 126 Å². The smallest absolute Gasteiger partial charge is 0.408 e. The summed E-state index contributed by atoms with van der Waals surface area (Å²) < 4.78 is 6.92. The Morgan fingerprint density at radius 2 is 2.19 bits per heavy atom. The third-order valence-corrected chi connectivity index (χ3v) is 4.52. The average Bonchev–Trinajstić information content (AvgIpc) is 3.02. The summed E-state index contributed by atoms with van der Waals surface area (Å²) in [6.45, 7) is 4.63. The van der Waals surface area contributed by atoms with Crippen LogP contribution in [0.4, 0.5) is 0 Å². The van der Waals surface area contributed by atoms with Crippen LogP contribution in [0.5, 0.6) is 0 Å². The molecule has 0 saturated carbocycles. The summed E-state index contributed by atoms with van der Waals surface area (Å²) in [6.07, 6.45) is 0.174. The molecule has 0 saturated heterocycles. The van der Waals surface area contributed by atoms with E-state index in [1.807, 2.05) is 36.7 Å². The van der Waals surface area contributed by atoms with Gasteiger partial charge in [0.2, 0.25) is 0 Å². The van der Waals surface area contributed by atoms with Crippen LogP contribution in [-0.4, -0.2) is 9.67 Å². The molecule has 110 valence electrons. The highest BCUT2D eigenvalue weighted by Gasteiger charge is 2.16. The van der Waals surface area contributed by atoms with Crippen molar-refractivity contribution in [3.8, 4) is 0 Å². The predicted molar refractivity (Wildman–Crippen MR) is 83.9 cm³/mol. The zero-order chi connectivity index (χ0) is 15.0. The number of hydrogen-bond acceptors (Lipinski definition) is 4. The first kappa shape index (κ1) is 14.1. The van der Waals surface area contributed by atoms with Gasteiger partial charge in [-0.25, -0.2) is 4.79 Å². The van der Waals surface area contributed by atoms with Crippen LogP contribution in [0.15, 0.2) is 38.2 Å². The zero-order valence-corrected chi connectivity index (χ0v) is 12.8. The highest BCUT2D eigenvalue weighted by atomic mass is 32.1. The largest absolute Gasteiger partial charge is 0.419 e. The van der Waals surface area contributed by atoms with Crippen molar-refractivity contribution >= 4 is 22.4 Å². The van der Waals surface area contributed by atoms with E-state index < -0.39 is 6.10 Å². The Bertz CT molecular complexity index is 828. The third kappa shape index (κ3) is 2.43. The lowest BCUT2D eigenvalue weighted by Crippen LogP contribution is -2.13. The summed E-state index contributed by atoms with van der Waals surface area (Å²) in [6, 6.07) is 5.45. The molecule has 1 unspecified atom stereocenters. The van der Waals surface area contributed by atoms with Crippen molar-refractivity contribution in [1.29, 1.82) is 0 Å². The molecule has 3 aromatic rings. The number of benzene rings is 1. The van der Waals surface area contributed by atoms with E-state index >= 15 is 0 Å². The molecule has 0 radical (unpaired) electrons. The van der Waals surface area contributed by atoms with Gasteiger partial charge in [-0.05, 0) is 52.9 Å². The lowest BCUT2D eigenvalue weighted by Gasteiger charge is -2.11. The Kier molecular flexibility index (Phi) is 3.69. The number of aromatic nitrogens is 1. The lowest BCUT2D eigenvalue weighted by atomic mass is 10.0. The van der Waals surface area contributed by atoms with E-state index in [9.17, 15) is 9.90 Å². The van der Waals surface area contributed by atoms with Gasteiger partial charge in [-0.1, -0.05) is 13.0 Å². The highest BCUT2D eigenvalue weighted by Crippen LogP contribution is 2.29. The summed E-state index contributed by atoms with van der Waals surface area (Å²) in [5.41, 5.74) is 4.01. The molecule has 0 spiro atoms. The van der Waals surface area contributed by atoms with Gasteiger partial charge < -0.3 is 9.52 Å². The molecule has 0 amide bonds. The van der Waals surface area contributed by atoms with Gasteiger partial charge in [-0.3, -0.25) is 4.57 Å². The quantitative estimate of drug-likeness (QED) is 0.803. The summed E-state index contributed by atoms with van der Waals surface area (Å²) in [5.74, 6) is -0.342. The fraction of sp³-hybridized carbons (Fsp3) is 0.312. The maximum atomic E-state index is 11.8. The predicted octanol–water partition coefficient (Wildman–Crippen LogP) is 3.46. The van der Waals surface area contributed by atoms with Crippen LogP contribution >= 0.6 is 11.3 Å².